The van der Waals surface area contributed by atoms with E-state index in [4.69, 9.17) is 0 Å². The average Bonchev–Trinajstić information content (AvgIpc) is 2.56. The van der Waals surface area contributed by atoms with E-state index in [0.717, 1.165) is 0 Å². The molecule has 0 atom stereocenters. The Kier molecular flexibility index (Phi) is 0.450. The normalized spacial score (nSPS) is 62.7. The summed E-state index contributed by atoms with van der Waals surface area (Å²) in [6.07, 6.45) is 0. The second-order valence-corrected chi connectivity index (χ2v) is 3.22. The molecule has 0 N–H and O–H groups in total. The van der Waals surface area contributed by atoms with Gasteiger partial charge in [-0.2, -0.15) is 0 Å². The number of hydrogen-bond acceptors (Lipinski definition) is 0. The predicted molar refractivity (Wildman–Crippen MR) is 19.7 cm³/mol. The molecule has 0 aromatic rings. The lowest BCUT2D eigenvalue weighted by Gasteiger charge is -2.35. The van der Waals surface area contributed by atoms with Crippen molar-refractivity contribution in [2.45, 2.75) is 17.8 Å². The van der Waals surface area contributed by atoms with E-state index in [0.29, 0.717) is 0 Å². The molecule has 0 radical (unpaired) electrons. The van der Waals surface area contributed by atoms with Gasteiger partial charge in [0.2, 0.25) is 0 Å². The Hall–Kier alpha value is -0.420. The van der Waals surface area contributed by atoms with Gasteiger partial charge in [0.15, 0.2) is 10.8 Å². The van der Waals surface area contributed by atoms with Crippen molar-refractivity contribution < 1.29 is 26.3 Å². The van der Waals surface area contributed by atoms with Crippen LogP contribution < -0.4 is 0 Å². The molecular formula is C5F6. The van der Waals surface area contributed by atoms with Crippen molar-refractivity contribution in [3.63, 3.8) is 0 Å². The van der Waals surface area contributed by atoms with Crippen LogP contribution in [-0.4, -0.2) is 17.8 Å². The van der Waals surface area contributed by atoms with Gasteiger partial charge in [-0.25, -0.2) is 26.3 Å². The Morgan fingerprint density at radius 3 is 0.636 bits per heavy atom. The lowest BCUT2D eigenvalue weighted by Crippen LogP contribution is -2.56. The lowest BCUT2D eigenvalue weighted by molar-refractivity contribution is -0.296. The first-order valence-electron chi connectivity index (χ1n) is 2.88. The van der Waals surface area contributed by atoms with Crippen molar-refractivity contribution in [1.82, 2.24) is 0 Å². The summed E-state index contributed by atoms with van der Waals surface area (Å²) in [4.78, 5) is 0. The maximum absolute atomic E-state index is 12.0. The molecule has 0 aromatic heterocycles. The number of rotatable bonds is 0. The van der Waals surface area contributed by atoms with Gasteiger partial charge in [0, 0.05) is 0 Å². The van der Waals surface area contributed by atoms with Crippen LogP contribution in [0.3, 0.4) is 0 Å². The monoisotopic (exact) mass is 174 g/mol. The van der Waals surface area contributed by atoms with Crippen LogP contribution in [-0.2, 0) is 0 Å². The van der Waals surface area contributed by atoms with Gasteiger partial charge in [0.05, 0.1) is 0 Å². The van der Waals surface area contributed by atoms with Gasteiger partial charge >= 0.3 is 0 Å². The van der Waals surface area contributed by atoms with Gasteiger partial charge in [-0.15, -0.1) is 0 Å². The Bertz CT molecular complexity index is 222. The quantitative estimate of drug-likeness (QED) is 0.492. The second-order valence-electron chi connectivity index (χ2n) is 3.22. The first kappa shape index (κ1) is 6.14. The van der Waals surface area contributed by atoms with E-state index in [9.17, 15) is 26.3 Å². The molecule has 3 aliphatic rings. The molecule has 0 saturated heterocycles. The van der Waals surface area contributed by atoms with Crippen LogP contribution in [0.2, 0.25) is 0 Å². The fourth-order valence-corrected chi connectivity index (χ4v) is 2.45. The van der Waals surface area contributed by atoms with Gasteiger partial charge in [-0.05, 0) is 0 Å². The number of alkyl halides is 6. The van der Waals surface area contributed by atoms with Crippen LogP contribution in [0.15, 0.2) is 0 Å². The zero-order valence-corrected chi connectivity index (χ0v) is 4.77. The van der Waals surface area contributed by atoms with Crippen LogP contribution in [0.5, 0.6) is 0 Å². The van der Waals surface area contributed by atoms with Crippen molar-refractivity contribution in [2.75, 3.05) is 0 Å². The van der Waals surface area contributed by atoms with E-state index in [1.807, 2.05) is 0 Å². The third-order valence-electron chi connectivity index (χ3n) is 3.20. The second kappa shape index (κ2) is 0.806. The molecule has 0 aromatic carbocycles. The SMILES string of the molecule is FC1(F)C23C(F)(F)C12C3(F)F. The molecule has 0 spiro atoms. The smallest absolute Gasteiger partial charge is 0.204 e. The van der Waals surface area contributed by atoms with Gasteiger partial charge in [0.1, 0.15) is 0 Å². The minimum atomic E-state index is -3.81. The molecule has 3 rings (SSSR count). The van der Waals surface area contributed by atoms with Crippen molar-refractivity contribution in [3.8, 4) is 0 Å². The fraction of sp³-hybridized carbons (Fsp3) is 1.00. The van der Waals surface area contributed by atoms with Gasteiger partial charge in [0.25, 0.3) is 17.8 Å². The van der Waals surface area contributed by atoms with Crippen LogP contribution in [0, 0.1) is 10.8 Å². The summed E-state index contributed by atoms with van der Waals surface area (Å²) in [5, 5.41) is 0. The average molecular weight is 174 g/mol. The standard InChI is InChI=1S/C5F6/c6-3(7)1-2(3,4(1,8)9)5(1,10)11. The zero-order valence-electron chi connectivity index (χ0n) is 4.77. The van der Waals surface area contributed by atoms with E-state index < -0.39 is 28.6 Å². The molecule has 3 fully saturated rings. The summed E-state index contributed by atoms with van der Waals surface area (Å²) in [5.41, 5.74) is -6.50. The summed E-state index contributed by atoms with van der Waals surface area (Å²) in [6, 6.07) is 0. The number of hydrogen-bond donors (Lipinski definition) is 0. The molecule has 0 amide bonds. The van der Waals surface area contributed by atoms with E-state index in [-0.39, 0.29) is 0 Å². The molecule has 0 heterocycles. The molecular weight excluding hydrogens is 174 g/mol. The summed E-state index contributed by atoms with van der Waals surface area (Å²) in [7, 11) is 0. The van der Waals surface area contributed by atoms with Crippen LogP contribution in [0.25, 0.3) is 0 Å². The first-order chi connectivity index (χ1) is 4.75. The topological polar surface area (TPSA) is 0 Å². The number of halogens is 6. The van der Waals surface area contributed by atoms with Crippen molar-refractivity contribution in [1.29, 1.82) is 0 Å². The van der Waals surface area contributed by atoms with E-state index in [2.05, 4.69) is 0 Å². The molecule has 0 bridgehead atoms. The van der Waals surface area contributed by atoms with E-state index >= 15 is 0 Å². The summed E-state index contributed by atoms with van der Waals surface area (Å²) < 4.78 is 72.2. The molecule has 6 heteroatoms. The maximum Gasteiger partial charge on any atom is 0.285 e. The third kappa shape index (κ3) is 0.172. The highest BCUT2D eigenvalue weighted by Gasteiger charge is 3.47. The third-order valence-corrected chi connectivity index (χ3v) is 3.20. The van der Waals surface area contributed by atoms with Gasteiger partial charge in [-0.1, -0.05) is 0 Å². The fourth-order valence-electron chi connectivity index (χ4n) is 2.45. The summed E-state index contributed by atoms with van der Waals surface area (Å²) in [5.74, 6) is -11.4. The molecule has 3 saturated carbocycles. The highest BCUT2D eigenvalue weighted by Crippen LogP contribution is 3.22. The first-order valence-corrected chi connectivity index (χ1v) is 2.88. The van der Waals surface area contributed by atoms with Crippen molar-refractivity contribution in [2.24, 2.45) is 10.8 Å². The molecule has 0 aliphatic heterocycles. The van der Waals surface area contributed by atoms with E-state index in [1.54, 1.807) is 0 Å². The lowest BCUT2D eigenvalue weighted by atomic mass is 9.88. The minimum Gasteiger partial charge on any atom is -0.204 e. The maximum atomic E-state index is 12.0. The van der Waals surface area contributed by atoms with Gasteiger partial charge < -0.3 is 0 Å². The summed E-state index contributed by atoms with van der Waals surface area (Å²) >= 11 is 0. The van der Waals surface area contributed by atoms with Crippen LogP contribution >= 0.6 is 0 Å². The minimum absolute atomic E-state index is 3.25. The van der Waals surface area contributed by atoms with Crippen molar-refractivity contribution >= 4 is 0 Å². The Balaban J connectivity index is 2.10. The molecule has 0 nitrogen and oxygen atoms in total. The highest BCUT2D eigenvalue weighted by molar-refractivity contribution is 5.75. The highest BCUT2D eigenvalue weighted by atomic mass is 19.3. The molecule has 62 valence electrons. The van der Waals surface area contributed by atoms with Crippen LogP contribution in [0.4, 0.5) is 26.3 Å². The summed E-state index contributed by atoms with van der Waals surface area (Å²) in [6.45, 7) is 0. The predicted octanol–water partition coefficient (Wildman–Crippen LogP) is 1.91. The largest absolute Gasteiger partial charge is 0.285 e. The molecule has 0 unspecified atom stereocenters. The molecule has 3 aliphatic carbocycles. The molecule has 11 heavy (non-hydrogen) atoms. The van der Waals surface area contributed by atoms with E-state index in [1.165, 1.54) is 0 Å². The van der Waals surface area contributed by atoms with Gasteiger partial charge in [-0.3, -0.25) is 0 Å². The van der Waals surface area contributed by atoms with Crippen LogP contribution in [0.1, 0.15) is 0 Å². The van der Waals surface area contributed by atoms with Crippen molar-refractivity contribution in [3.05, 3.63) is 0 Å². The Morgan fingerprint density at radius 1 is 0.455 bits per heavy atom. The Labute approximate surface area is 56.2 Å². The zero-order chi connectivity index (χ0) is 8.50. The Morgan fingerprint density at radius 2 is 0.636 bits per heavy atom.